The second kappa shape index (κ2) is 6.85. The highest BCUT2D eigenvalue weighted by Gasteiger charge is 2.70. The van der Waals surface area contributed by atoms with Crippen LogP contribution in [0.25, 0.3) is 0 Å². The third-order valence-corrected chi connectivity index (χ3v) is 9.40. The molecule has 0 amide bonds. The van der Waals surface area contributed by atoms with Crippen molar-refractivity contribution in [2.24, 2.45) is 34.5 Å². The van der Waals surface area contributed by atoms with Crippen LogP contribution in [0.15, 0.2) is 23.8 Å². The van der Waals surface area contributed by atoms with Crippen molar-refractivity contribution in [3.63, 3.8) is 0 Å². The van der Waals surface area contributed by atoms with E-state index in [2.05, 4.69) is 6.92 Å². The zero-order valence-corrected chi connectivity index (χ0v) is 18.3. The SMILES string of the molecule is C[C@]12C=CC(=O)C=C1CCC1C2[C@@H](O)C[C@@]2(C)C1CC[C@]2(OC(=O)C1CC1)C(=O)CO. The number of allylic oxidation sites excluding steroid dienone is 4. The van der Waals surface area contributed by atoms with Gasteiger partial charge in [0.1, 0.15) is 6.61 Å². The van der Waals surface area contributed by atoms with E-state index in [0.29, 0.717) is 12.8 Å². The molecule has 5 rings (SSSR count). The fraction of sp³-hybridized carbons (Fsp3) is 0.720. The first-order valence-electron chi connectivity index (χ1n) is 11.7. The first kappa shape index (κ1) is 21.1. The maximum Gasteiger partial charge on any atom is 0.309 e. The molecule has 0 spiro atoms. The van der Waals surface area contributed by atoms with E-state index in [1.54, 1.807) is 12.2 Å². The van der Waals surface area contributed by atoms with Crippen LogP contribution in [0, 0.1) is 34.5 Å². The van der Waals surface area contributed by atoms with Crippen molar-refractivity contribution in [1.82, 2.24) is 0 Å². The van der Waals surface area contributed by atoms with Gasteiger partial charge < -0.3 is 14.9 Å². The predicted octanol–water partition coefficient (Wildman–Crippen LogP) is 2.52. The van der Waals surface area contributed by atoms with Gasteiger partial charge >= 0.3 is 5.97 Å². The van der Waals surface area contributed by atoms with Crippen LogP contribution in [0.2, 0.25) is 0 Å². The average molecular weight is 429 g/mol. The molecule has 168 valence electrons. The van der Waals surface area contributed by atoms with E-state index in [0.717, 1.165) is 37.7 Å². The highest BCUT2D eigenvalue weighted by molar-refractivity contribution is 6.01. The van der Waals surface area contributed by atoms with Gasteiger partial charge in [0, 0.05) is 16.7 Å². The van der Waals surface area contributed by atoms with Crippen LogP contribution in [0.1, 0.15) is 58.8 Å². The van der Waals surface area contributed by atoms with Crippen molar-refractivity contribution >= 4 is 17.5 Å². The number of ketones is 2. The molecule has 4 saturated carbocycles. The highest BCUT2D eigenvalue weighted by atomic mass is 16.6. The van der Waals surface area contributed by atoms with Gasteiger partial charge in [0.2, 0.25) is 5.78 Å². The van der Waals surface area contributed by atoms with Gasteiger partial charge in [-0.15, -0.1) is 0 Å². The van der Waals surface area contributed by atoms with E-state index in [1.807, 2.05) is 13.0 Å². The molecule has 0 radical (unpaired) electrons. The van der Waals surface area contributed by atoms with Crippen LogP contribution < -0.4 is 0 Å². The van der Waals surface area contributed by atoms with Crippen LogP contribution in [0.5, 0.6) is 0 Å². The first-order chi connectivity index (χ1) is 14.7. The van der Waals surface area contributed by atoms with Crippen LogP contribution in [-0.4, -0.2) is 46.1 Å². The Morgan fingerprint density at radius 3 is 2.61 bits per heavy atom. The molecule has 31 heavy (non-hydrogen) atoms. The summed E-state index contributed by atoms with van der Waals surface area (Å²) >= 11 is 0. The molecule has 0 aromatic carbocycles. The molecular formula is C25H32O6. The van der Waals surface area contributed by atoms with E-state index in [9.17, 15) is 24.6 Å². The number of carbonyl (C=O) groups excluding carboxylic acids is 3. The van der Waals surface area contributed by atoms with Crippen LogP contribution in [-0.2, 0) is 19.1 Å². The van der Waals surface area contributed by atoms with Gasteiger partial charge in [-0.25, -0.2) is 0 Å². The van der Waals surface area contributed by atoms with E-state index < -0.39 is 29.5 Å². The van der Waals surface area contributed by atoms with Gasteiger partial charge in [-0.3, -0.25) is 14.4 Å². The summed E-state index contributed by atoms with van der Waals surface area (Å²) in [5.41, 5.74) is -1.38. The molecule has 7 atom stereocenters. The van der Waals surface area contributed by atoms with E-state index in [-0.39, 0.29) is 40.8 Å². The zero-order valence-electron chi connectivity index (χ0n) is 18.3. The second-order valence-electron chi connectivity index (χ2n) is 10.9. The minimum Gasteiger partial charge on any atom is -0.450 e. The highest BCUT2D eigenvalue weighted by Crippen LogP contribution is 2.68. The number of esters is 1. The summed E-state index contributed by atoms with van der Waals surface area (Å²) in [7, 11) is 0. The number of Topliss-reactive ketones (excluding diaryl/α,β-unsaturated/α-hetero) is 1. The molecule has 0 heterocycles. The predicted molar refractivity (Wildman–Crippen MR) is 112 cm³/mol. The molecule has 5 aliphatic rings. The fourth-order valence-electron chi connectivity index (χ4n) is 7.70. The van der Waals surface area contributed by atoms with E-state index >= 15 is 0 Å². The molecule has 2 N–H and O–H groups in total. The molecule has 0 bridgehead atoms. The molecular weight excluding hydrogens is 396 g/mol. The van der Waals surface area contributed by atoms with Crippen LogP contribution in [0.4, 0.5) is 0 Å². The summed E-state index contributed by atoms with van der Waals surface area (Å²) < 4.78 is 5.99. The Labute approximate surface area is 182 Å². The minimum atomic E-state index is -1.37. The number of rotatable bonds is 4. The number of aliphatic hydroxyl groups is 2. The smallest absolute Gasteiger partial charge is 0.309 e. The lowest BCUT2D eigenvalue weighted by molar-refractivity contribution is -0.201. The van der Waals surface area contributed by atoms with Gasteiger partial charge in [0.05, 0.1) is 12.0 Å². The van der Waals surface area contributed by atoms with Crippen molar-refractivity contribution in [3.05, 3.63) is 23.8 Å². The second-order valence-corrected chi connectivity index (χ2v) is 10.9. The Balaban J connectivity index is 1.53. The third-order valence-electron chi connectivity index (χ3n) is 9.40. The number of fused-ring (bicyclic) bond motifs is 5. The Bertz CT molecular complexity index is 900. The number of carbonyl (C=O) groups is 3. The lowest BCUT2D eigenvalue weighted by Gasteiger charge is -2.59. The summed E-state index contributed by atoms with van der Waals surface area (Å²) in [6, 6.07) is 0. The summed E-state index contributed by atoms with van der Waals surface area (Å²) in [5, 5.41) is 21.3. The maximum absolute atomic E-state index is 13.1. The van der Waals surface area contributed by atoms with Crippen molar-refractivity contribution in [1.29, 1.82) is 0 Å². The lowest BCUT2D eigenvalue weighted by Crippen LogP contribution is -2.63. The Hall–Kier alpha value is -1.79. The molecule has 3 unspecified atom stereocenters. The lowest BCUT2D eigenvalue weighted by atomic mass is 9.46. The van der Waals surface area contributed by atoms with Crippen LogP contribution >= 0.6 is 0 Å². The molecule has 0 aliphatic heterocycles. The van der Waals surface area contributed by atoms with Gasteiger partial charge in [0.15, 0.2) is 11.4 Å². The molecule has 0 saturated heterocycles. The zero-order chi connectivity index (χ0) is 22.2. The third kappa shape index (κ3) is 2.80. The standard InChI is InChI=1S/C25H32O6/c1-23-9-7-16(27)11-15(23)5-6-17-18-8-10-25(20(29)13-26,31-22(30)14-3-4-14)24(18,2)12-19(28)21(17)23/h7,9,11,14,17-19,21,26,28H,3-6,8,10,12-13H2,1-2H3/t17?,18?,19-,21?,23-,24-,25-/m0/s1. The summed E-state index contributed by atoms with van der Waals surface area (Å²) in [4.78, 5) is 37.7. The molecule has 4 fully saturated rings. The van der Waals surface area contributed by atoms with Crippen molar-refractivity contribution in [2.45, 2.75) is 70.5 Å². The molecule has 0 aromatic heterocycles. The van der Waals surface area contributed by atoms with Gasteiger partial charge in [-0.2, -0.15) is 0 Å². The molecule has 6 heteroatoms. The number of hydrogen-bond donors (Lipinski definition) is 2. The monoisotopic (exact) mass is 428 g/mol. The summed E-state index contributed by atoms with van der Waals surface area (Å²) in [6.45, 7) is 3.42. The Morgan fingerprint density at radius 1 is 1.19 bits per heavy atom. The number of hydrogen-bond acceptors (Lipinski definition) is 6. The van der Waals surface area contributed by atoms with Crippen LogP contribution in [0.3, 0.4) is 0 Å². The molecule has 5 aliphatic carbocycles. The van der Waals surface area contributed by atoms with E-state index in [4.69, 9.17) is 4.74 Å². The maximum atomic E-state index is 13.1. The quantitative estimate of drug-likeness (QED) is 0.668. The normalized spacial score (nSPS) is 45.9. The first-order valence-corrected chi connectivity index (χ1v) is 11.7. The van der Waals surface area contributed by atoms with Gasteiger partial charge in [0.25, 0.3) is 0 Å². The summed E-state index contributed by atoms with van der Waals surface area (Å²) in [5.74, 6) is -0.707. The van der Waals surface area contributed by atoms with Crippen molar-refractivity contribution in [3.8, 4) is 0 Å². The van der Waals surface area contributed by atoms with Crippen molar-refractivity contribution in [2.75, 3.05) is 6.61 Å². The Morgan fingerprint density at radius 2 is 1.94 bits per heavy atom. The fourth-order valence-corrected chi connectivity index (χ4v) is 7.70. The number of ether oxygens (including phenoxy) is 1. The van der Waals surface area contributed by atoms with Gasteiger partial charge in [-0.1, -0.05) is 25.5 Å². The summed E-state index contributed by atoms with van der Waals surface area (Å²) in [6.07, 6.45) is 9.26. The Kier molecular flexibility index (Phi) is 4.66. The number of aliphatic hydroxyl groups excluding tert-OH is 2. The van der Waals surface area contributed by atoms with E-state index in [1.165, 1.54) is 0 Å². The molecule has 0 aromatic rings. The average Bonchev–Trinajstić information content (AvgIpc) is 3.53. The minimum absolute atomic E-state index is 0.00137. The van der Waals surface area contributed by atoms with Gasteiger partial charge in [-0.05, 0) is 68.9 Å². The molecule has 6 nitrogen and oxygen atoms in total. The van der Waals surface area contributed by atoms with Crippen molar-refractivity contribution < 1.29 is 29.3 Å². The topological polar surface area (TPSA) is 101 Å². The largest absolute Gasteiger partial charge is 0.450 e.